The third kappa shape index (κ3) is 6.30. The first-order valence-corrected chi connectivity index (χ1v) is 11.0. The third-order valence-electron chi connectivity index (χ3n) is 6.92. The second-order valence-corrected chi connectivity index (χ2v) is 8.98. The maximum atomic E-state index is 13.4. The monoisotopic (exact) mass is 452 g/mol. The van der Waals surface area contributed by atoms with Gasteiger partial charge in [0.1, 0.15) is 5.75 Å². The molecular weight excluding hydrogens is 422 g/mol. The fourth-order valence-corrected chi connectivity index (χ4v) is 5.19. The van der Waals surface area contributed by atoms with E-state index in [9.17, 15) is 26.3 Å². The summed E-state index contributed by atoms with van der Waals surface area (Å²) in [5.74, 6) is 1.95. The predicted octanol–water partition coefficient (Wildman–Crippen LogP) is 7.29. The van der Waals surface area contributed by atoms with Crippen LogP contribution in [0.5, 0.6) is 5.75 Å². The topological polar surface area (TPSA) is 18.5 Å². The van der Waals surface area contributed by atoms with Crippen molar-refractivity contribution in [3.05, 3.63) is 29.8 Å². The molecule has 0 aliphatic heterocycles. The van der Waals surface area contributed by atoms with Gasteiger partial charge in [-0.05, 0) is 92.7 Å². The zero-order chi connectivity index (χ0) is 22.6. The molecule has 1 aromatic carbocycles. The van der Waals surface area contributed by atoms with Crippen molar-refractivity contribution >= 4 is 0 Å². The van der Waals surface area contributed by atoms with E-state index in [4.69, 9.17) is 4.74 Å². The van der Waals surface area contributed by atoms with Crippen LogP contribution in [0.15, 0.2) is 24.3 Å². The fourth-order valence-electron chi connectivity index (χ4n) is 5.19. The van der Waals surface area contributed by atoms with Gasteiger partial charge in [-0.2, -0.15) is 22.0 Å². The zero-order valence-corrected chi connectivity index (χ0v) is 17.6. The van der Waals surface area contributed by atoms with Crippen LogP contribution in [0, 0.1) is 17.8 Å². The Hall–Kier alpha value is -1.44. The van der Waals surface area contributed by atoms with Crippen LogP contribution >= 0.6 is 0 Å². The quantitative estimate of drug-likeness (QED) is 0.405. The van der Waals surface area contributed by atoms with Crippen LogP contribution in [0.2, 0.25) is 0 Å². The number of methoxy groups -OCH3 is 1. The highest BCUT2D eigenvalue weighted by atomic mass is 19.4. The lowest BCUT2D eigenvalue weighted by molar-refractivity contribution is -0.304. The minimum Gasteiger partial charge on any atom is -0.430 e. The van der Waals surface area contributed by atoms with E-state index in [2.05, 4.69) is 4.74 Å². The average molecular weight is 452 g/mol. The summed E-state index contributed by atoms with van der Waals surface area (Å²) in [5, 5.41) is 0. The molecule has 3 rings (SSSR count). The molecule has 1 unspecified atom stereocenters. The van der Waals surface area contributed by atoms with Crippen LogP contribution in [-0.4, -0.2) is 32.2 Å². The first-order chi connectivity index (χ1) is 14.6. The van der Waals surface area contributed by atoms with Crippen molar-refractivity contribution in [1.82, 2.24) is 0 Å². The Balaban J connectivity index is 1.49. The van der Waals surface area contributed by atoms with Gasteiger partial charge < -0.3 is 9.47 Å². The van der Waals surface area contributed by atoms with Crippen molar-refractivity contribution in [2.24, 2.45) is 17.8 Å². The van der Waals surface area contributed by atoms with Gasteiger partial charge >= 0.3 is 12.3 Å². The molecule has 0 N–H and O–H groups in total. The second-order valence-electron chi connectivity index (χ2n) is 8.98. The summed E-state index contributed by atoms with van der Waals surface area (Å²) in [5.41, 5.74) is 0.950. The Morgan fingerprint density at radius 3 is 1.84 bits per heavy atom. The van der Waals surface area contributed by atoms with Crippen molar-refractivity contribution in [2.75, 3.05) is 13.7 Å². The van der Waals surface area contributed by atoms with Crippen molar-refractivity contribution in [2.45, 2.75) is 75.7 Å². The number of hydrogen-bond donors (Lipinski definition) is 0. The molecule has 2 aliphatic rings. The molecule has 0 bridgehead atoms. The van der Waals surface area contributed by atoms with Gasteiger partial charge in [0, 0.05) is 13.7 Å². The average Bonchev–Trinajstić information content (AvgIpc) is 2.74. The number of halogens is 6. The SMILES string of the molecule is COCC1CCC(C2CCC(c3ccc(OC(F)(F)C(F)C(F)(F)F)cc3)CC2)CC1. The van der Waals surface area contributed by atoms with E-state index in [0.717, 1.165) is 43.8 Å². The van der Waals surface area contributed by atoms with Crippen LogP contribution in [0.3, 0.4) is 0 Å². The number of alkyl halides is 6. The lowest BCUT2D eigenvalue weighted by Crippen LogP contribution is -2.45. The molecule has 2 nitrogen and oxygen atoms in total. The van der Waals surface area contributed by atoms with Crippen molar-refractivity contribution < 1.29 is 35.8 Å². The molecule has 2 aliphatic carbocycles. The van der Waals surface area contributed by atoms with Crippen molar-refractivity contribution in [3.63, 3.8) is 0 Å². The van der Waals surface area contributed by atoms with Crippen LogP contribution in [0.1, 0.15) is 62.8 Å². The first kappa shape index (κ1) is 24.2. The molecule has 176 valence electrons. The van der Waals surface area contributed by atoms with Gasteiger partial charge in [0.2, 0.25) is 0 Å². The molecule has 0 radical (unpaired) electrons. The smallest absolute Gasteiger partial charge is 0.430 e. The predicted molar refractivity (Wildman–Crippen MR) is 105 cm³/mol. The molecular formula is C23H30F6O2. The number of ether oxygens (including phenoxy) is 2. The molecule has 2 fully saturated rings. The molecule has 1 aromatic rings. The maximum Gasteiger partial charge on any atom is 0.439 e. The Labute approximate surface area is 179 Å². The highest BCUT2D eigenvalue weighted by molar-refractivity contribution is 5.30. The Morgan fingerprint density at radius 2 is 1.35 bits per heavy atom. The van der Waals surface area contributed by atoms with Gasteiger partial charge in [-0.1, -0.05) is 12.1 Å². The highest BCUT2D eigenvalue weighted by Crippen LogP contribution is 2.44. The van der Waals surface area contributed by atoms with Crippen LogP contribution in [-0.2, 0) is 4.74 Å². The molecule has 0 spiro atoms. The van der Waals surface area contributed by atoms with Crippen LogP contribution < -0.4 is 4.74 Å². The third-order valence-corrected chi connectivity index (χ3v) is 6.92. The van der Waals surface area contributed by atoms with Gasteiger partial charge in [0.05, 0.1) is 0 Å². The van der Waals surface area contributed by atoms with Gasteiger partial charge in [0.15, 0.2) is 0 Å². The maximum absolute atomic E-state index is 13.4. The second kappa shape index (κ2) is 10.0. The van der Waals surface area contributed by atoms with Gasteiger partial charge in [-0.3, -0.25) is 0 Å². The summed E-state index contributed by atoms with van der Waals surface area (Å²) < 4.78 is 85.8. The molecule has 0 saturated heterocycles. The lowest BCUT2D eigenvalue weighted by Gasteiger charge is -2.38. The lowest BCUT2D eigenvalue weighted by atomic mass is 9.68. The van der Waals surface area contributed by atoms with Crippen molar-refractivity contribution in [1.29, 1.82) is 0 Å². The van der Waals surface area contributed by atoms with Gasteiger partial charge in [-0.15, -0.1) is 0 Å². The molecule has 0 amide bonds. The van der Waals surface area contributed by atoms with E-state index >= 15 is 0 Å². The van der Waals surface area contributed by atoms with Crippen LogP contribution in [0.25, 0.3) is 0 Å². The van der Waals surface area contributed by atoms with Crippen molar-refractivity contribution in [3.8, 4) is 5.75 Å². The summed E-state index contributed by atoms with van der Waals surface area (Å²) in [6, 6.07) is 5.56. The summed E-state index contributed by atoms with van der Waals surface area (Å²) in [4.78, 5) is 0. The standard InChI is InChI=1S/C23H30F6O2/c1-30-14-15-2-4-16(5-3-15)17-6-8-18(9-7-17)19-10-12-20(13-11-19)31-23(28,29)21(24)22(25,26)27/h10-13,15-18,21H,2-9,14H2,1H3. The normalized spacial score (nSPS) is 28.9. The van der Waals surface area contributed by atoms with E-state index in [0.29, 0.717) is 17.8 Å². The van der Waals surface area contributed by atoms with E-state index in [-0.39, 0.29) is 0 Å². The Bertz CT molecular complexity index is 674. The largest absolute Gasteiger partial charge is 0.439 e. The van der Waals surface area contributed by atoms with Gasteiger partial charge in [-0.25, -0.2) is 4.39 Å². The summed E-state index contributed by atoms with van der Waals surface area (Å²) >= 11 is 0. The number of hydrogen-bond acceptors (Lipinski definition) is 2. The fraction of sp³-hybridized carbons (Fsp3) is 0.739. The Kier molecular flexibility index (Phi) is 7.81. The van der Waals surface area contributed by atoms with E-state index in [1.165, 1.54) is 37.8 Å². The van der Waals surface area contributed by atoms with E-state index in [1.54, 1.807) is 19.2 Å². The minimum atomic E-state index is -5.69. The molecule has 8 heteroatoms. The summed E-state index contributed by atoms with van der Waals surface area (Å²) in [6.45, 7) is 0.841. The first-order valence-electron chi connectivity index (χ1n) is 11.0. The molecule has 1 atom stereocenters. The van der Waals surface area contributed by atoms with Gasteiger partial charge in [0.25, 0.3) is 6.17 Å². The Morgan fingerprint density at radius 1 is 0.839 bits per heavy atom. The molecule has 0 aromatic heterocycles. The van der Waals surface area contributed by atoms with E-state index < -0.39 is 24.2 Å². The highest BCUT2D eigenvalue weighted by Gasteiger charge is 2.59. The minimum absolute atomic E-state index is 0.291. The number of rotatable bonds is 7. The summed E-state index contributed by atoms with van der Waals surface area (Å²) in [7, 11) is 1.75. The summed E-state index contributed by atoms with van der Waals surface area (Å²) in [6.07, 6.45) is -5.86. The van der Waals surface area contributed by atoms with Crippen LogP contribution in [0.4, 0.5) is 26.3 Å². The zero-order valence-electron chi connectivity index (χ0n) is 17.6. The number of benzene rings is 1. The molecule has 31 heavy (non-hydrogen) atoms. The molecule has 0 heterocycles. The van der Waals surface area contributed by atoms with E-state index in [1.807, 2.05) is 0 Å². The molecule has 2 saturated carbocycles.